The molecule has 31 heavy (non-hydrogen) atoms. The number of aromatic nitrogens is 4. The minimum Gasteiger partial charge on any atom is -0.338 e. The number of aryl methyl sites for hydroxylation is 1. The van der Waals surface area contributed by atoms with Gasteiger partial charge >= 0.3 is 6.18 Å². The maximum absolute atomic E-state index is 13.1. The Morgan fingerprint density at radius 1 is 1.19 bits per heavy atom. The SMILES string of the molecule is CCCn1c(N(CCCC(F)(F)F)Cc2ccc(Cl)c(Cl)c2)nc2cnn(C)c2c1=O. The Kier molecular flexibility index (Phi) is 7.16. The van der Waals surface area contributed by atoms with Crippen molar-refractivity contribution in [2.75, 3.05) is 11.4 Å². The summed E-state index contributed by atoms with van der Waals surface area (Å²) in [5.41, 5.74) is 1.20. The molecule has 0 bridgehead atoms. The minimum atomic E-state index is -4.26. The van der Waals surface area contributed by atoms with E-state index in [-0.39, 0.29) is 25.1 Å². The normalized spacial score (nSPS) is 12.0. The van der Waals surface area contributed by atoms with E-state index in [1.54, 1.807) is 30.1 Å². The topological polar surface area (TPSA) is 56.0 Å². The van der Waals surface area contributed by atoms with Crippen LogP contribution in [0.3, 0.4) is 0 Å². The van der Waals surface area contributed by atoms with E-state index >= 15 is 0 Å². The molecule has 168 valence electrons. The van der Waals surface area contributed by atoms with Gasteiger partial charge in [-0.2, -0.15) is 18.3 Å². The summed E-state index contributed by atoms with van der Waals surface area (Å²) in [6, 6.07) is 5.03. The summed E-state index contributed by atoms with van der Waals surface area (Å²) in [6.07, 6.45) is -3.21. The van der Waals surface area contributed by atoms with Crippen molar-refractivity contribution >= 4 is 40.2 Å². The molecule has 0 saturated carbocycles. The smallest absolute Gasteiger partial charge is 0.338 e. The van der Waals surface area contributed by atoms with E-state index in [1.807, 2.05) is 6.92 Å². The van der Waals surface area contributed by atoms with Crippen LogP contribution in [0.4, 0.5) is 19.1 Å². The summed E-state index contributed by atoms with van der Waals surface area (Å²) in [7, 11) is 1.65. The van der Waals surface area contributed by atoms with E-state index < -0.39 is 12.6 Å². The molecule has 0 radical (unpaired) electrons. The molecule has 1 aromatic carbocycles. The molecule has 0 saturated heterocycles. The average Bonchev–Trinajstić information content (AvgIpc) is 3.06. The molecule has 0 atom stereocenters. The molecular weight excluding hydrogens is 454 g/mol. The van der Waals surface area contributed by atoms with Crippen LogP contribution in [0, 0.1) is 0 Å². The molecule has 0 spiro atoms. The van der Waals surface area contributed by atoms with Gasteiger partial charge in [0.2, 0.25) is 5.95 Å². The van der Waals surface area contributed by atoms with Crippen molar-refractivity contribution < 1.29 is 13.2 Å². The van der Waals surface area contributed by atoms with E-state index in [2.05, 4.69) is 10.1 Å². The summed E-state index contributed by atoms with van der Waals surface area (Å²) in [5.74, 6) is 0.306. The third kappa shape index (κ3) is 5.51. The molecule has 3 rings (SSSR count). The molecule has 2 aromatic heterocycles. The minimum absolute atomic E-state index is 0.0572. The molecule has 0 aliphatic carbocycles. The van der Waals surface area contributed by atoms with Gasteiger partial charge in [0, 0.05) is 33.1 Å². The van der Waals surface area contributed by atoms with E-state index in [0.717, 1.165) is 5.56 Å². The zero-order chi connectivity index (χ0) is 22.8. The van der Waals surface area contributed by atoms with Gasteiger partial charge in [0.1, 0.15) is 5.52 Å². The Morgan fingerprint density at radius 3 is 2.58 bits per heavy atom. The Hall–Kier alpha value is -2.26. The van der Waals surface area contributed by atoms with Crippen molar-refractivity contribution in [1.82, 2.24) is 19.3 Å². The van der Waals surface area contributed by atoms with Gasteiger partial charge < -0.3 is 4.90 Å². The fourth-order valence-corrected chi connectivity index (χ4v) is 3.71. The predicted octanol–water partition coefficient (Wildman–Crippen LogP) is 5.20. The van der Waals surface area contributed by atoms with E-state index in [0.29, 0.717) is 40.0 Å². The summed E-state index contributed by atoms with van der Waals surface area (Å²) in [5, 5.41) is 4.82. The number of alkyl halides is 3. The highest BCUT2D eigenvalue weighted by Crippen LogP contribution is 2.26. The van der Waals surface area contributed by atoms with Crippen LogP contribution in [0.5, 0.6) is 0 Å². The van der Waals surface area contributed by atoms with Crippen LogP contribution in [-0.4, -0.2) is 32.1 Å². The quantitative estimate of drug-likeness (QED) is 0.449. The Balaban J connectivity index is 2.06. The van der Waals surface area contributed by atoms with Crippen molar-refractivity contribution in [3.63, 3.8) is 0 Å². The maximum Gasteiger partial charge on any atom is 0.389 e. The van der Waals surface area contributed by atoms with Crippen LogP contribution < -0.4 is 10.5 Å². The highest BCUT2D eigenvalue weighted by Gasteiger charge is 2.27. The third-order valence-corrected chi connectivity index (χ3v) is 5.54. The van der Waals surface area contributed by atoms with Gasteiger partial charge in [0.15, 0.2) is 5.52 Å². The lowest BCUT2D eigenvalue weighted by atomic mass is 10.2. The first-order chi connectivity index (χ1) is 14.6. The first-order valence-electron chi connectivity index (χ1n) is 9.79. The molecule has 6 nitrogen and oxygen atoms in total. The largest absolute Gasteiger partial charge is 0.389 e. The summed E-state index contributed by atoms with van der Waals surface area (Å²) in [4.78, 5) is 19.4. The van der Waals surface area contributed by atoms with Gasteiger partial charge in [-0.3, -0.25) is 14.0 Å². The lowest BCUT2D eigenvalue weighted by Crippen LogP contribution is -2.34. The van der Waals surface area contributed by atoms with Crippen molar-refractivity contribution in [3.05, 3.63) is 50.4 Å². The molecule has 0 fully saturated rings. The lowest BCUT2D eigenvalue weighted by molar-refractivity contribution is -0.135. The Morgan fingerprint density at radius 2 is 1.94 bits per heavy atom. The molecule has 0 amide bonds. The molecule has 0 aliphatic heterocycles. The fraction of sp³-hybridized carbons (Fsp3) is 0.450. The number of anilines is 1. The molecule has 11 heteroatoms. The number of hydrogen-bond acceptors (Lipinski definition) is 4. The van der Waals surface area contributed by atoms with Crippen LogP contribution >= 0.6 is 23.2 Å². The van der Waals surface area contributed by atoms with Gasteiger partial charge in [-0.15, -0.1) is 0 Å². The summed E-state index contributed by atoms with van der Waals surface area (Å²) < 4.78 is 41.3. The number of hydrogen-bond donors (Lipinski definition) is 0. The van der Waals surface area contributed by atoms with Gasteiger partial charge in [-0.05, 0) is 30.5 Å². The second-order valence-corrected chi connectivity index (χ2v) is 8.07. The van der Waals surface area contributed by atoms with Gasteiger partial charge in [0.05, 0.1) is 16.2 Å². The first-order valence-corrected chi connectivity index (χ1v) is 10.5. The molecule has 2 heterocycles. The molecule has 0 N–H and O–H groups in total. The van der Waals surface area contributed by atoms with Gasteiger partial charge in [-0.1, -0.05) is 36.2 Å². The highest BCUT2D eigenvalue weighted by atomic mass is 35.5. The summed E-state index contributed by atoms with van der Waals surface area (Å²) >= 11 is 12.1. The van der Waals surface area contributed by atoms with E-state index in [9.17, 15) is 18.0 Å². The number of halogens is 5. The number of benzene rings is 1. The van der Waals surface area contributed by atoms with Crippen LogP contribution in [0.2, 0.25) is 10.0 Å². The highest BCUT2D eigenvalue weighted by molar-refractivity contribution is 6.42. The van der Waals surface area contributed by atoms with Gasteiger partial charge in [-0.25, -0.2) is 4.98 Å². The summed E-state index contributed by atoms with van der Waals surface area (Å²) in [6.45, 7) is 2.56. The van der Waals surface area contributed by atoms with Crippen molar-refractivity contribution in [2.45, 2.75) is 45.5 Å². The maximum atomic E-state index is 13.1. The van der Waals surface area contributed by atoms with Crippen molar-refractivity contribution in [3.8, 4) is 0 Å². The second-order valence-electron chi connectivity index (χ2n) is 7.26. The monoisotopic (exact) mass is 475 g/mol. The standard InChI is InChI=1S/C20H22Cl2F3N5O/c1-3-8-30-18(31)17-16(11-26-28(17)2)27-19(30)29(9-4-7-20(23,24)25)12-13-5-6-14(21)15(22)10-13/h5-6,10-11H,3-4,7-9,12H2,1-2H3. The van der Waals surface area contributed by atoms with Crippen molar-refractivity contribution in [2.24, 2.45) is 7.05 Å². The predicted molar refractivity (Wildman–Crippen MR) is 116 cm³/mol. The number of fused-ring (bicyclic) bond motifs is 1. The van der Waals surface area contributed by atoms with Gasteiger partial charge in [0.25, 0.3) is 5.56 Å². The first kappa shape index (κ1) is 23.4. The second kappa shape index (κ2) is 9.48. The molecule has 0 aliphatic rings. The van der Waals surface area contributed by atoms with Crippen LogP contribution in [0.1, 0.15) is 31.7 Å². The van der Waals surface area contributed by atoms with E-state index in [4.69, 9.17) is 23.2 Å². The number of rotatable bonds is 8. The zero-order valence-electron chi connectivity index (χ0n) is 17.1. The molecule has 0 unspecified atom stereocenters. The fourth-order valence-electron chi connectivity index (χ4n) is 3.39. The van der Waals surface area contributed by atoms with Crippen molar-refractivity contribution in [1.29, 1.82) is 0 Å². The Labute approximate surface area is 187 Å². The average molecular weight is 476 g/mol. The lowest BCUT2D eigenvalue weighted by Gasteiger charge is -2.27. The number of nitrogens with zero attached hydrogens (tertiary/aromatic N) is 5. The molecule has 3 aromatic rings. The van der Waals surface area contributed by atoms with Crippen LogP contribution in [-0.2, 0) is 20.1 Å². The Bertz CT molecular complexity index is 1130. The molecular formula is C20H22Cl2F3N5O. The van der Waals surface area contributed by atoms with Crippen LogP contribution in [0.15, 0.2) is 29.2 Å². The van der Waals surface area contributed by atoms with E-state index in [1.165, 1.54) is 15.4 Å². The third-order valence-electron chi connectivity index (χ3n) is 4.80. The zero-order valence-corrected chi connectivity index (χ0v) is 18.6. The van der Waals surface area contributed by atoms with Crippen LogP contribution in [0.25, 0.3) is 11.0 Å².